The molecule has 0 aromatic heterocycles. The van der Waals surface area contributed by atoms with E-state index >= 15 is 0 Å². The van der Waals surface area contributed by atoms with Crippen molar-refractivity contribution in [3.8, 4) is 0 Å². The van der Waals surface area contributed by atoms with Gasteiger partial charge in [0.25, 0.3) is 11.8 Å². The average molecular weight is 514 g/mol. The van der Waals surface area contributed by atoms with Gasteiger partial charge in [-0.25, -0.2) is 10.0 Å². The molecule has 1 saturated heterocycles. The molecule has 0 bridgehead atoms. The van der Waals surface area contributed by atoms with Gasteiger partial charge in [0.2, 0.25) is 17.7 Å². The van der Waals surface area contributed by atoms with Gasteiger partial charge in [0, 0.05) is 30.3 Å². The molecule has 0 radical (unpaired) electrons. The Balaban J connectivity index is 1.77. The summed E-state index contributed by atoms with van der Waals surface area (Å²) < 4.78 is 0. The molecule has 2 aliphatic heterocycles. The summed E-state index contributed by atoms with van der Waals surface area (Å²) in [5, 5.41) is 18.4. The van der Waals surface area contributed by atoms with Crippen molar-refractivity contribution in [2.45, 2.75) is 57.2 Å². The van der Waals surface area contributed by atoms with E-state index in [4.69, 9.17) is 5.11 Å². The molecule has 1 aromatic carbocycles. The zero-order valence-corrected chi connectivity index (χ0v) is 20.0. The molecule has 37 heavy (non-hydrogen) atoms. The Labute approximate surface area is 211 Å². The monoisotopic (exact) mass is 513 g/mol. The average Bonchev–Trinajstić information content (AvgIpc) is 3.00. The number of aliphatic carboxylic acids is 1. The number of hydrogen-bond acceptors (Lipinski definition) is 7. The van der Waals surface area contributed by atoms with Crippen LogP contribution in [0.15, 0.2) is 36.5 Å². The van der Waals surface area contributed by atoms with Crippen LogP contribution in [0.2, 0.25) is 0 Å². The molecule has 196 valence electrons. The molecule has 3 rings (SSSR count). The number of carboxylic acids is 1. The van der Waals surface area contributed by atoms with Crippen LogP contribution in [0.25, 0.3) is 0 Å². The van der Waals surface area contributed by atoms with E-state index in [1.54, 1.807) is 19.1 Å². The lowest BCUT2D eigenvalue weighted by atomic mass is 10.1. The zero-order valence-electron chi connectivity index (χ0n) is 20.0. The maximum absolute atomic E-state index is 13.4. The SMILES string of the molecule is CCC(=O)Nc1ccc(C(=O)N[C@H]2CCC(=O)N3C=CC[C@@H](C(=O)N[C@H](C=O)CC(=O)O)N3C2=O)cc1. The zero-order chi connectivity index (χ0) is 27.1. The Morgan fingerprint density at radius 2 is 1.86 bits per heavy atom. The predicted molar refractivity (Wildman–Crippen MR) is 127 cm³/mol. The summed E-state index contributed by atoms with van der Waals surface area (Å²) >= 11 is 0. The third-order valence-electron chi connectivity index (χ3n) is 5.81. The van der Waals surface area contributed by atoms with Gasteiger partial charge in [-0.3, -0.25) is 28.8 Å². The summed E-state index contributed by atoms with van der Waals surface area (Å²) in [6, 6.07) is 2.34. The molecule has 13 heteroatoms. The first-order chi connectivity index (χ1) is 17.6. The molecule has 13 nitrogen and oxygen atoms in total. The minimum absolute atomic E-state index is 0.00557. The second-order valence-corrected chi connectivity index (χ2v) is 8.45. The van der Waals surface area contributed by atoms with Crippen molar-refractivity contribution in [1.82, 2.24) is 20.7 Å². The van der Waals surface area contributed by atoms with Crippen molar-refractivity contribution in [2.24, 2.45) is 0 Å². The van der Waals surface area contributed by atoms with Crippen LogP contribution in [0, 0.1) is 0 Å². The molecule has 0 aliphatic carbocycles. The number of nitrogens with one attached hydrogen (secondary N) is 3. The second-order valence-electron chi connectivity index (χ2n) is 8.45. The fourth-order valence-corrected chi connectivity index (χ4v) is 3.89. The maximum atomic E-state index is 13.4. The maximum Gasteiger partial charge on any atom is 0.305 e. The van der Waals surface area contributed by atoms with Crippen LogP contribution in [-0.2, 0) is 28.8 Å². The van der Waals surface area contributed by atoms with E-state index in [0.29, 0.717) is 12.1 Å². The number of anilines is 1. The van der Waals surface area contributed by atoms with Gasteiger partial charge in [-0.15, -0.1) is 0 Å². The number of benzene rings is 1. The first-order valence-electron chi connectivity index (χ1n) is 11.6. The van der Waals surface area contributed by atoms with Crippen molar-refractivity contribution < 1.29 is 38.7 Å². The number of carbonyl (C=O) groups is 7. The molecule has 1 fully saturated rings. The van der Waals surface area contributed by atoms with Gasteiger partial charge in [0.15, 0.2) is 0 Å². The van der Waals surface area contributed by atoms with Crippen LogP contribution in [0.5, 0.6) is 0 Å². The molecular formula is C24H27N5O8. The van der Waals surface area contributed by atoms with E-state index in [9.17, 15) is 33.6 Å². The minimum Gasteiger partial charge on any atom is -0.481 e. The summed E-state index contributed by atoms with van der Waals surface area (Å²) in [6.07, 6.45) is 2.69. The molecule has 2 heterocycles. The number of carboxylic acid groups (broad SMARTS) is 1. The lowest BCUT2D eigenvalue weighted by molar-refractivity contribution is -0.166. The van der Waals surface area contributed by atoms with Gasteiger partial charge in [-0.05, 0) is 37.1 Å². The van der Waals surface area contributed by atoms with Gasteiger partial charge >= 0.3 is 5.97 Å². The molecule has 1 aromatic rings. The van der Waals surface area contributed by atoms with Gasteiger partial charge in [0.1, 0.15) is 18.4 Å². The Kier molecular flexibility index (Phi) is 8.72. The lowest BCUT2D eigenvalue weighted by Crippen LogP contribution is -2.62. The van der Waals surface area contributed by atoms with Crippen molar-refractivity contribution in [1.29, 1.82) is 0 Å². The van der Waals surface area contributed by atoms with Crippen LogP contribution in [-0.4, -0.2) is 75.0 Å². The summed E-state index contributed by atoms with van der Waals surface area (Å²) in [6.45, 7) is 1.70. The summed E-state index contributed by atoms with van der Waals surface area (Å²) in [5.74, 6) is -4.09. The third-order valence-corrected chi connectivity index (χ3v) is 5.81. The minimum atomic E-state index is -1.32. The highest BCUT2D eigenvalue weighted by Crippen LogP contribution is 2.24. The van der Waals surface area contributed by atoms with Gasteiger partial charge in [-0.1, -0.05) is 13.0 Å². The number of hydrazine groups is 1. The highest BCUT2D eigenvalue weighted by atomic mass is 16.4. The van der Waals surface area contributed by atoms with E-state index in [2.05, 4.69) is 16.0 Å². The molecule has 0 saturated carbocycles. The van der Waals surface area contributed by atoms with E-state index in [0.717, 1.165) is 10.0 Å². The van der Waals surface area contributed by atoms with Crippen LogP contribution in [0.4, 0.5) is 5.69 Å². The van der Waals surface area contributed by atoms with E-state index in [1.165, 1.54) is 24.4 Å². The molecule has 2 aliphatic rings. The summed E-state index contributed by atoms with van der Waals surface area (Å²) in [7, 11) is 0. The number of hydrogen-bond donors (Lipinski definition) is 4. The number of fused-ring (bicyclic) bond motifs is 1. The largest absolute Gasteiger partial charge is 0.481 e. The van der Waals surface area contributed by atoms with Gasteiger partial charge < -0.3 is 25.9 Å². The summed E-state index contributed by atoms with van der Waals surface area (Å²) in [4.78, 5) is 85.6. The first-order valence-corrected chi connectivity index (χ1v) is 11.6. The fraction of sp³-hybridized carbons (Fsp3) is 0.375. The smallest absolute Gasteiger partial charge is 0.305 e. The topological polar surface area (TPSA) is 182 Å². The quantitative estimate of drug-likeness (QED) is 0.331. The lowest BCUT2D eigenvalue weighted by Gasteiger charge is -2.39. The normalized spacial score (nSPS) is 19.8. The molecule has 5 amide bonds. The van der Waals surface area contributed by atoms with E-state index in [1.807, 2.05) is 0 Å². The third kappa shape index (κ3) is 6.57. The Morgan fingerprint density at radius 1 is 1.16 bits per heavy atom. The molecule has 4 N–H and O–H groups in total. The van der Waals surface area contributed by atoms with Crippen molar-refractivity contribution in [3.63, 3.8) is 0 Å². The predicted octanol–water partition coefficient (Wildman–Crippen LogP) is -0.0561. The summed E-state index contributed by atoms with van der Waals surface area (Å²) in [5.41, 5.74) is 0.714. The van der Waals surface area contributed by atoms with Crippen LogP contribution < -0.4 is 16.0 Å². The van der Waals surface area contributed by atoms with E-state index < -0.39 is 54.1 Å². The van der Waals surface area contributed by atoms with Gasteiger partial charge in [0.05, 0.1) is 12.5 Å². The van der Waals surface area contributed by atoms with Crippen LogP contribution in [0.3, 0.4) is 0 Å². The second kappa shape index (κ2) is 11.9. The van der Waals surface area contributed by atoms with Gasteiger partial charge in [-0.2, -0.15) is 0 Å². The first kappa shape index (κ1) is 27.0. The number of rotatable bonds is 9. The molecular weight excluding hydrogens is 486 g/mol. The Bertz CT molecular complexity index is 1130. The highest BCUT2D eigenvalue weighted by molar-refractivity contribution is 6.00. The standard InChI is InChI=1S/C24H27N5O8/c1-2-19(31)25-15-7-5-14(6-8-15)22(35)27-17-9-10-20(32)28-11-3-4-18(29(28)24(17)37)23(36)26-16(13-30)12-21(33)34/h3,5-8,11,13,16-18H,2,4,9-10,12H2,1H3,(H,25,31)(H,26,36)(H,27,35)(H,33,34)/t16-,17-,18-/m0/s1. The Hall–Kier alpha value is -4.55. The van der Waals surface area contributed by atoms with Crippen LogP contribution in [0.1, 0.15) is 49.4 Å². The number of carbonyl (C=O) groups excluding carboxylic acids is 6. The molecule has 3 atom stereocenters. The van der Waals surface area contributed by atoms with Crippen molar-refractivity contribution >= 4 is 47.5 Å². The number of amides is 5. The fourth-order valence-electron chi connectivity index (χ4n) is 3.89. The number of nitrogens with zero attached hydrogens (tertiary/aromatic N) is 2. The van der Waals surface area contributed by atoms with E-state index in [-0.39, 0.29) is 37.0 Å². The van der Waals surface area contributed by atoms with Crippen molar-refractivity contribution in [2.75, 3.05) is 5.32 Å². The highest BCUT2D eigenvalue weighted by Gasteiger charge is 2.43. The van der Waals surface area contributed by atoms with Crippen molar-refractivity contribution in [3.05, 3.63) is 42.1 Å². The Morgan fingerprint density at radius 3 is 2.49 bits per heavy atom. The number of aldehydes is 1. The molecule has 0 spiro atoms. The van der Waals surface area contributed by atoms with Crippen LogP contribution >= 0.6 is 0 Å². The molecule has 0 unspecified atom stereocenters.